The topological polar surface area (TPSA) is 39.7 Å². The molecule has 3 aromatic carbocycles. The van der Waals surface area contributed by atoms with E-state index in [2.05, 4.69) is 5.32 Å². The molecule has 0 aromatic heterocycles. The first-order valence-corrected chi connectivity index (χ1v) is 10.0. The third kappa shape index (κ3) is 5.96. The number of halogens is 2. The third-order valence-corrected chi connectivity index (χ3v) is 4.86. The zero-order chi connectivity index (χ0) is 20.6. The molecule has 6 heteroatoms. The van der Waals surface area contributed by atoms with Crippen molar-refractivity contribution in [1.82, 2.24) is 0 Å². The highest BCUT2D eigenvalue weighted by Crippen LogP contribution is 2.34. The summed E-state index contributed by atoms with van der Waals surface area (Å²) in [6, 6.07) is 19.0. The van der Waals surface area contributed by atoms with Gasteiger partial charge in [0.25, 0.3) is 0 Å². The molecule has 152 valence electrons. The average molecular weight is 432 g/mol. The molecule has 0 saturated carbocycles. The lowest BCUT2D eigenvalue weighted by molar-refractivity contribution is 0.269. The van der Waals surface area contributed by atoms with Gasteiger partial charge in [-0.1, -0.05) is 35.3 Å². The van der Waals surface area contributed by atoms with Gasteiger partial charge in [-0.15, -0.1) is 0 Å². The molecule has 0 amide bonds. The number of hydrogen-bond donors (Lipinski definition) is 1. The van der Waals surface area contributed by atoms with Crippen molar-refractivity contribution in [3.63, 3.8) is 0 Å². The summed E-state index contributed by atoms with van der Waals surface area (Å²) in [6.07, 6.45) is 0. The number of hydrogen-bond acceptors (Lipinski definition) is 4. The highest BCUT2D eigenvalue weighted by Gasteiger charge is 2.12. The Kier molecular flexibility index (Phi) is 7.50. The molecule has 0 fully saturated rings. The molecular weight excluding hydrogens is 409 g/mol. The molecule has 4 nitrogen and oxygen atoms in total. The van der Waals surface area contributed by atoms with Gasteiger partial charge in [-0.2, -0.15) is 0 Å². The first-order chi connectivity index (χ1) is 14.1. The summed E-state index contributed by atoms with van der Waals surface area (Å²) < 4.78 is 16.9. The van der Waals surface area contributed by atoms with E-state index in [1.807, 2.05) is 61.5 Å². The quantitative estimate of drug-likeness (QED) is 0.414. The van der Waals surface area contributed by atoms with Crippen molar-refractivity contribution in [3.05, 3.63) is 81.8 Å². The minimum absolute atomic E-state index is 0.375. The molecule has 3 rings (SSSR count). The fourth-order valence-electron chi connectivity index (χ4n) is 2.79. The van der Waals surface area contributed by atoms with Crippen molar-refractivity contribution in [2.24, 2.45) is 0 Å². The molecule has 0 bridgehead atoms. The molecular formula is C23H23Cl2NO3. The van der Waals surface area contributed by atoms with E-state index in [0.717, 1.165) is 22.6 Å². The van der Waals surface area contributed by atoms with Gasteiger partial charge < -0.3 is 19.5 Å². The van der Waals surface area contributed by atoms with Crippen LogP contribution >= 0.6 is 23.2 Å². The smallest absolute Gasteiger partial charge is 0.163 e. The van der Waals surface area contributed by atoms with Crippen LogP contribution in [0.25, 0.3) is 0 Å². The molecule has 0 radical (unpaired) electrons. The zero-order valence-corrected chi connectivity index (χ0v) is 17.9. The number of methoxy groups -OCH3 is 1. The molecule has 0 aliphatic carbocycles. The van der Waals surface area contributed by atoms with E-state index < -0.39 is 0 Å². The molecule has 1 N–H and O–H groups in total. The third-order valence-electron chi connectivity index (χ3n) is 4.27. The lowest BCUT2D eigenvalue weighted by atomic mass is 10.2. The van der Waals surface area contributed by atoms with Crippen LogP contribution in [-0.2, 0) is 13.2 Å². The van der Waals surface area contributed by atoms with Crippen molar-refractivity contribution in [1.29, 1.82) is 0 Å². The second-order valence-electron chi connectivity index (χ2n) is 6.32. The normalized spacial score (nSPS) is 10.5. The molecule has 0 atom stereocenters. The first kappa shape index (κ1) is 21.2. The van der Waals surface area contributed by atoms with Crippen molar-refractivity contribution in [2.75, 3.05) is 19.0 Å². The highest BCUT2D eigenvalue weighted by molar-refractivity contribution is 6.31. The van der Waals surface area contributed by atoms with Crippen molar-refractivity contribution < 1.29 is 14.2 Å². The van der Waals surface area contributed by atoms with Crippen LogP contribution in [0.15, 0.2) is 60.7 Å². The van der Waals surface area contributed by atoms with Crippen molar-refractivity contribution in [3.8, 4) is 17.2 Å². The standard InChI is InChI=1S/C23H23Cl2NO3/c1-3-28-22-12-17(14-26-19-7-9-20(27-2)10-8-19)21(25)13-23(22)29-15-16-5-4-6-18(24)11-16/h4-13,26H,3,14-15H2,1-2H3. The SMILES string of the molecule is CCOc1cc(CNc2ccc(OC)cc2)c(Cl)cc1OCc1cccc(Cl)c1. The van der Waals surface area contributed by atoms with Crippen LogP contribution < -0.4 is 19.5 Å². The Balaban J connectivity index is 1.72. The zero-order valence-electron chi connectivity index (χ0n) is 16.4. The van der Waals surface area contributed by atoms with Crippen molar-refractivity contribution in [2.45, 2.75) is 20.1 Å². The summed E-state index contributed by atoms with van der Waals surface area (Å²) in [5, 5.41) is 4.64. The Labute approximate surface area is 181 Å². The van der Waals surface area contributed by atoms with Gasteiger partial charge in [0.2, 0.25) is 0 Å². The van der Waals surface area contributed by atoms with Crippen LogP contribution in [0.5, 0.6) is 17.2 Å². The van der Waals surface area contributed by atoms with Crippen LogP contribution in [0.4, 0.5) is 5.69 Å². The van der Waals surface area contributed by atoms with Gasteiger partial charge in [-0.25, -0.2) is 0 Å². The van der Waals surface area contributed by atoms with Gasteiger partial charge in [0.05, 0.1) is 13.7 Å². The number of ether oxygens (including phenoxy) is 3. The largest absolute Gasteiger partial charge is 0.497 e. The second kappa shape index (κ2) is 10.3. The summed E-state index contributed by atoms with van der Waals surface area (Å²) in [4.78, 5) is 0. The summed E-state index contributed by atoms with van der Waals surface area (Å²) in [5.74, 6) is 2.07. The number of rotatable bonds is 9. The second-order valence-corrected chi connectivity index (χ2v) is 7.17. The fourth-order valence-corrected chi connectivity index (χ4v) is 3.22. The van der Waals surface area contributed by atoms with Crippen LogP contribution in [0.2, 0.25) is 10.0 Å². The van der Waals surface area contributed by atoms with E-state index in [-0.39, 0.29) is 0 Å². The maximum absolute atomic E-state index is 6.51. The summed E-state index contributed by atoms with van der Waals surface area (Å²) in [7, 11) is 1.65. The predicted octanol–water partition coefficient (Wildman–Crippen LogP) is 6.59. The minimum atomic E-state index is 0.375. The average Bonchev–Trinajstić information content (AvgIpc) is 2.73. The molecule has 29 heavy (non-hydrogen) atoms. The Morgan fingerprint density at radius 3 is 2.34 bits per heavy atom. The van der Waals surface area contributed by atoms with Crippen molar-refractivity contribution >= 4 is 28.9 Å². The van der Waals surface area contributed by atoms with E-state index in [4.69, 9.17) is 37.4 Å². The van der Waals surface area contributed by atoms with Crippen LogP contribution in [0.1, 0.15) is 18.1 Å². The maximum Gasteiger partial charge on any atom is 0.163 e. The molecule has 0 spiro atoms. The van der Waals surface area contributed by atoms with E-state index in [9.17, 15) is 0 Å². The van der Waals surface area contributed by atoms with E-state index in [1.165, 1.54) is 0 Å². The summed E-state index contributed by atoms with van der Waals surface area (Å²) >= 11 is 12.5. The number of benzene rings is 3. The first-order valence-electron chi connectivity index (χ1n) is 9.29. The van der Waals surface area contributed by atoms with Gasteiger partial charge >= 0.3 is 0 Å². The molecule has 0 aliphatic rings. The van der Waals surface area contributed by atoms with Gasteiger partial charge in [-0.05, 0) is 60.5 Å². The van der Waals surface area contributed by atoms with Gasteiger partial charge in [0.15, 0.2) is 11.5 Å². The Hall–Kier alpha value is -2.56. The predicted molar refractivity (Wildman–Crippen MR) is 119 cm³/mol. The lowest BCUT2D eigenvalue weighted by Crippen LogP contribution is -2.04. The van der Waals surface area contributed by atoms with E-state index in [0.29, 0.717) is 41.3 Å². The molecule has 0 saturated heterocycles. The van der Waals surface area contributed by atoms with Gasteiger partial charge in [0, 0.05) is 28.3 Å². The minimum Gasteiger partial charge on any atom is -0.497 e. The lowest BCUT2D eigenvalue weighted by Gasteiger charge is -2.16. The van der Waals surface area contributed by atoms with E-state index >= 15 is 0 Å². The maximum atomic E-state index is 6.51. The van der Waals surface area contributed by atoms with E-state index in [1.54, 1.807) is 13.2 Å². The molecule has 0 aliphatic heterocycles. The highest BCUT2D eigenvalue weighted by atomic mass is 35.5. The molecule has 3 aromatic rings. The number of nitrogens with one attached hydrogen (secondary N) is 1. The van der Waals surface area contributed by atoms with Crippen LogP contribution in [-0.4, -0.2) is 13.7 Å². The van der Waals surface area contributed by atoms with Gasteiger partial charge in [-0.3, -0.25) is 0 Å². The Bertz CT molecular complexity index is 945. The Morgan fingerprint density at radius 1 is 0.897 bits per heavy atom. The Morgan fingerprint density at radius 2 is 1.66 bits per heavy atom. The molecule has 0 unspecified atom stereocenters. The van der Waals surface area contributed by atoms with Gasteiger partial charge in [0.1, 0.15) is 12.4 Å². The molecule has 0 heterocycles. The van der Waals surface area contributed by atoms with Crippen LogP contribution in [0, 0.1) is 0 Å². The summed E-state index contributed by atoms with van der Waals surface area (Å²) in [6.45, 7) is 3.39. The fraction of sp³-hybridized carbons (Fsp3) is 0.217. The monoisotopic (exact) mass is 431 g/mol. The number of anilines is 1. The van der Waals surface area contributed by atoms with Crippen LogP contribution in [0.3, 0.4) is 0 Å². The summed E-state index contributed by atoms with van der Waals surface area (Å²) in [5.41, 5.74) is 2.86.